The molecule has 22 heavy (non-hydrogen) atoms. The van der Waals surface area contributed by atoms with Gasteiger partial charge in [-0.05, 0) is 50.6 Å². The van der Waals surface area contributed by atoms with Gasteiger partial charge in [-0.1, -0.05) is 17.3 Å². The second-order valence-corrected chi connectivity index (χ2v) is 5.83. The molecule has 2 aromatic rings. The Kier molecular flexibility index (Phi) is 4.49. The summed E-state index contributed by atoms with van der Waals surface area (Å²) in [6.45, 7) is 4.05. The van der Waals surface area contributed by atoms with Gasteiger partial charge in [0, 0.05) is 12.5 Å². The molecule has 1 aromatic carbocycles. The fourth-order valence-electron chi connectivity index (χ4n) is 2.91. The summed E-state index contributed by atoms with van der Waals surface area (Å²) in [6.07, 6.45) is 1.19. The minimum absolute atomic E-state index is 0.295. The van der Waals surface area contributed by atoms with Crippen molar-refractivity contribution < 1.29 is 14.0 Å². The van der Waals surface area contributed by atoms with Gasteiger partial charge in [0.15, 0.2) is 5.82 Å². The van der Waals surface area contributed by atoms with E-state index in [1.54, 1.807) is 12.1 Å². The molecule has 6 heteroatoms. The van der Waals surface area contributed by atoms with E-state index < -0.39 is 6.10 Å². The SMILES string of the molecule is Cc1noc(C2CCN(C[C@@H](O)c3cccc(F)c3)CC2)n1. The molecule has 1 aliphatic heterocycles. The van der Waals surface area contributed by atoms with Crippen molar-refractivity contribution in [2.75, 3.05) is 19.6 Å². The highest BCUT2D eigenvalue weighted by Gasteiger charge is 2.26. The largest absolute Gasteiger partial charge is 0.387 e. The number of aliphatic hydroxyl groups excluding tert-OH is 1. The zero-order valence-electron chi connectivity index (χ0n) is 12.6. The number of likely N-dealkylation sites (tertiary alicyclic amines) is 1. The van der Waals surface area contributed by atoms with Gasteiger partial charge in [0.05, 0.1) is 6.10 Å². The topological polar surface area (TPSA) is 62.4 Å². The van der Waals surface area contributed by atoms with Crippen LogP contribution in [0.3, 0.4) is 0 Å². The molecule has 0 saturated carbocycles. The lowest BCUT2D eigenvalue weighted by Crippen LogP contribution is -2.36. The van der Waals surface area contributed by atoms with Crippen LogP contribution in [0.5, 0.6) is 0 Å². The smallest absolute Gasteiger partial charge is 0.229 e. The van der Waals surface area contributed by atoms with Crippen LogP contribution in [0.4, 0.5) is 4.39 Å². The van der Waals surface area contributed by atoms with E-state index in [9.17, 15) is 9.50 Å². The van der Waals surface area contributed by atoms with E-state index in [0.29, 0.717) is 29.7 Å². The van der Waals surface area contributed by atoms with Crippen LogP contribution in [0.25, 0.3) is 0 Å². The fourth-order valence-corrected chi connectivity index (χ4v) is 2.91. The molecule has 1 fully saturated rings. The Morgan fingerprint density at radius 2 is 2.18 bits per heavy atom. The van der Waals surface area contributed by atoms with Gasteiger partial charge in [0.1, 0.15) is 5.82 Å². The Morgan fingerprint density at radius 1 is 1.41 bits per heavy atom. The molecule has 5 nitrogen and oxygen atoms in total. The van der Waals surface area contributed by atoms with Gasteiger partial charge >= 0.3 is 0 Å². The van der Waals surface area contributed by atoms with Crippen LogP contribution in [0.15, 0.2) is 28.8 Å². The van der Waals surface area contributed by atoms with Crippen molar-refractivity contribution in [1.29, 1.82) is 0 Å². The fraction of sp³-hybridized carbons (Fsp3) is 0.500. The predicted octanol–water partition coefficient (Wildman–Crippen LogP) is 2.43. The van der Waals surface area contributed by atoms with Gasteiger partial charge in [-0.2, -0.15) is 4.98 Å². The summed E-state index contributed by atoms with van der Waals surface area (Å²) in [5, 5.41) is 14.1. The van der Waals surface area contributed by atoms with Crippen LogP contribution < -0.4 is 0 Å². The van der Waals surface area contributed by atoms with E-state index in [0.717, 1.165) is 25.9 Å². The van der Waals surface area contributed by atoms with E-state index in [2.05, 4.69) is 15.0 Å². The van der Waals surface area contributed by atoms with E-state index in [1.165, 1.54) is 12.1 Å². The number of β-amino-alcohol motifs (C(OH)–C–C–N with tert-alkyl or cyclic N) is 1. The van der Waals surface area contributed by atoms with Gasteiger partial charge in [0.25, 0.3) is 0 Å². The molecule has 0 unspecified atom stereocenters. The molecule has 0 spiro atoms. The van der Waals surface area contributed by atoms with E-state index in [-0.39, 0.29) is 5.82 Å². The van der Waals surface area contributed by atoms with Crippen molar-refractivity contribution in [2.24, 2.45) is 0 Å². The van der Waals surface area contributed by atoms with E-state index in [4.69, 9.17) is 4.52 Å². The van der Waals surface area contributed by atoms with E-state index >= 15 is 0 Å². The highest BCUT2D eigenvalue weighted by atomic mass is 19.1. The van der Waals surface area contributed by atoms with Crippen molar-refractivity contribution in [2.45, 2.75) is 31.8 Å². The molecule has 0 aliphatic carbocycles. The van der Waals surface area contributed by atoms with Gasteiger partial charge in [-0.25, -0.2) is 4.39 Å². The minimum Gasteiger partial charge on any atom is -0.387 e. The van der Waals surface area contributed by atoms with Crippen molar-refractivity contribution in [3.8, 4) is 0 Å². The molecule has 1 aliphatic rings. The van der Waals surface area contributed by atoms with Gasteiger partial charge in [-0.15, -0.1) is 0 Å². The molecule has 1 saturated heterocycles. The van der Waals surface area contributed by atoms with Gasteiger partial charge in [-0.3, -0.25) is 0 Å². The maximum absolute atomic E-state index is 13.2. The summed E-state index contributed by atoms with van der Waals surface area (Å²) in [6, 6.07) is 6.15. The Balaban J connectivity index is 1.53. The third-order valence-electron chi connectivity index (χ3n) is 4.14. The maximum Gasteiger partial charge on any atom is 0.229 e. The number of piperidine rings is 1. The number of halogens is 1. The molecule has 0 amide bonds. The van der Waals surface area contributed by atoms with Crippen LogP contribution in [0.2, 0.25) is 0 Å². The van der Waals surface area contributed by atoms with Crippen LogP contribution in [0.1, 0.15) is 42.1 Å². The molecule has 3 rings (SSSR count). The first-order valence-corrected chi connectivity index (χ1v) is 7.58. The monoisotopic (exact) mass is 305 g/mol. The normalized spacial score (nSPS) is 18.5. The molecule has 118 valence electrons. The standard InChI is InChI=1S/C16H20FN3O2/c1-11-18-16(22-19-11)12-5-7-20(8-6-12)10-15(21)13-3-2-4-14(17)9-13/h2-4,9,12,15,21H,5-8,10H2,1H3/t15-/m1/s1. The number of aromatic nitrogens is 2. The van der Waals surface area contributed by atoms with Crippen molar-refractivity contribution in [3.63, 3.8) is 0 Å². The maximum atomic E-state index is 13.2. The number of hydrogen-bond acceptors (Lipinski definition) is 5. The third-order valence-corrected chi connectivity index (χ3v) is 4.14. The zero-order chi connectivity index (χ0) is 15.5. The first-order chi connectivity index (χ1) is 10.6. The highest BCUT2D eigenvalue weighted by molar-refractivity contribution is 5.19. The second-order valence-electron chi connectivity index (χ2n) is 5.83. The summed E-state index contributed by atoms with van der Waals surface area (Å²) < 4.78 is 18.4. The average Bonchev–Trinajstić information content (AvgIpc) is 2.94. The lowest BCUT2D eigenvalue weighted by atomic mass is 9.96. The quantitative estimate of drug-likeness (QED) is 0.940. The van der Waals surface area contributed by atoms with Gasteiger partial charge in [0.2, 0.25) is 5.89 Å². The molecular weight excluding hydrogens is 285 g/mol. The first kappa shape index (κ1) is 15.1. The highest BCUT2D eigenvalue weighted by Crippen LogP contribution is 2.27. The van der Waals surface area contributed by atoms with Crippen molar-refractivity contribution in [3.05, 3.63) is 47.4 Å². The molecule has 1 aromatic heterocycles. The molecular formula is C16H20FN3O2. The van der Waals surface area contributed by atoms with Crippen molar-refractivity contribution in [1.82, 2.24) is 15.0 Å². The summed E-state index contributed by atoms with van der Waals surface area (Å²) in [7, 11) is 0. The Morgan fingerprint density at radius 3 is 2.82 bits per heavy atom. The molecule has 0 radical (unpaired) electrons. The number of nitrogens with zero attached hydrogens (tertiary/aromatic N) is 3. The molecule has 0 bridgehead atoms. The van der Waals surface area contributed by atoms with Crippen LogP contribution in [0, 0.1) is 12.7 Å². The lowest BCUT2D eigenvalue weighted by molar-refractivity contribution is 0.0939. The van der Waals surface area contributed by atoms with Crippen LogP contribution >= 0.6 is 0 Å². The number of aryl methyl sites for hydroxylation is 1. The van der Waals surface area contributed by atoms with E-state index in [1.807, 2.05) is 6.92 Å². The first-order valence-electron chi connectivity index (χ1n) is 7.58. The number of hydrogen-bond donors (Lipinski definition) is 1. The van der Waals surface area contributed by atoms with Crippen LogP contribution in [-0.4, -0.2) is 39.8 Å². The van der Waals surface area contributed by atoms with Crippen molar-refractivity contribution >= 4 is 0 Å². The molecule has 1 atom stereocenters. The number of benzene rings is 1. The zero-order valence-corrected chi connectivity index (χ0v) is 12.6. The Bertz CT molecular complexity index is 623. The Labute approximate surface area is 128 Å². The van der Waals surface area contributed by atoms with Gasteiger partial charge < -0.3 is 14.5 Å². The Hall–Kier alpha value is -1.79. The molecule has 1 N–H and O–H groups in total. The number of aliphatic hydroxyl groups is 1. The lowest BCUT2D eigenvalue weighted by Gasteiger charge is -2.31. The average molecular weight is 305 g/mol. The number of rotatable bonds is 4. The van der Waals surface area contributed by atoms with Crippen LogP contribution in [-0.2, 0) is 0 Å². The summed E-state index contributed by atoms with van der Waals surface area (Å²) in [4.78, 5) is 6.48. The summed E-state index contributed by atoms with van der Waals surface area (Å²) in [5.74, 6) is 1.35. The summed E-state index contributed by atoms with van der Waals surface area (Å²) >= 11 is 0. The second kappa shape index (κ2) is 6.54. The summed E-state index contributed by atoms with van der Waals surface area (Å²) in [5.41, 5.74) is 0.620. The third kappa shape index (κ3) is 3.51. The molecule has 2 heterocycles. The minimum atomic E-state index is -0.669. The predicted molar refractivity (Wildman–Crippen MR) is 78.8 cm³/mol.